The SMILES string of the molecule is Oc1ccc2c(c1)c1c(c3cc(O)c(O)cc32)C1. The summed E-state index contributed by atoms with van der Waals surface area (Å²) < 4.78 is 0. The summed E-state index contributed by atoms with van der Waals surface area (Å²) in [4.78, 5) is 0. The Bertz CT molecular complexity index is 834. The maximum absolute atomic E-state index is 9.64. The van der Waals surface area contributed by atoms with Crippen LogP contribution < -0.4 is 0 Å². The molecule has 3 aromatic rings. The second-order valence-electron chi connectivity index (χ2n) is 4.75. The summed E-state index contributed by atoms with van der Waals surface area (Å²) >= 11 is 0. The van der Waals surface area contributed by atoms with E-state index in [4.69, 9.17) is 0 Å². The zero-order chi connectivity index (χ0) is 12.4. The molecule has 0 bridgehead atoms. The molecular formula is C15H10O3. The molecule has 0 fully saturated rings. The number of hydrogen-bond donors (Lipinski definition) is 3. The number of aromatic hydroxyl groups is 3. The van der Waals surface area contributed by atoms with Crippen LogP contribution >= 0.6 is 0 Å². The van der Waals surface area contributed by atoms with Crippen LogP contribution in [-0.2, 0) is 6.42 Å². The second-order valence-corrected chi connectivity index (χ2v) is 4.75. The zero-order valence-corrected chi connectivity index (χ0v) is 9.44. The van der Waals surface area contributed by atoms with E-state index in [2.05, 4.69) is 0 Å². The van der Waals surface area contributed by atoms with Gasteiger partial charge in [-0.1, -0.05) is 6.07 Å². The number of phenols is 3. The molecule has 0 radical (unpaired) electrons. The number of hydrogen-bond acceptors (Lipinski definition) is 3. The van der Waals surface area contributed by atoms with Gasteiger partial charge in [-0.3, -0.25) is 0 Å². The highest BCUT2D eigenvalue weighted by Crippen LogP contribution is 2.46. The summed E-state index contributed by atoms with van der Waals surface area (Å²) in [5.74, 6) is 0.0474. The molecule has 3 heteroatoms. The van der Waals surface area contributed by atoms with Gasteiger partial charge in [-0.25, -0.2) is 0 Å². The zero-order valence-electron chi connectivity index (χ0n) is 9.44. The molecule has 0 amide bonds. The van der Waals surface area contributed by atoms with Gasteiger partial charge in [0, 0.05) is 0 Å². The van der Waals surface area contributed by atoms with Crippen molar-refractivity contribution in [2.45, 2.75) is 6.42 Å². The van der Waals surface area contributed by atoms with Gasteiger partial charge < -0.3 is 15.3 Å². The Balaban J connectivity index is 2.28. The summed E-state index contributed by atoms with van der Waals surface area (Å²) in [5.41, 5.74) is 2.41. The van der Waals surface area contributed by atoms with Crippen LogP contribution in [0.2, 0.25) is 0 Å². The van der Waals surface area contributed by atoms with E-state index in [1.807, 2.05) is 6.07 Å². The van der Waals surface area contributed by atoms with Gasteiger partial charge in [0.05, 0.1) is 0 Å². The fourth-order valence-corrected chi connectivity index (χ4v) is 2.71. The summed E-state index contributed by atoms with van der Waals surface area (Å²) in [6.45, 7) is 0. The fraction of sp³-hybridized carbons (Fsp3) is 0.0667. The van der Waals surface area contributed by atoms with E-state index in [9.17, 15) is 15.3 Å². The van der Waals surface area contributed by atoms with Crippen LogP contribution in [0.15, 0.2) is 30.3 Å². The first kappa shape index (κ1) is 9.59. The number of rotatable bonds is 0. The van der Waals surface area contributed by atoms with Crippen molar-refractivity contribution in [3.05, 3.63) is 41.5 Å². The molecule has 0 aliphatic heterocycles. The van der Waals surface area contributed by atoms with Gasteiger partial charge in [0.15, 0.2) is 11.5 Å². The van der Waals surface area contributed by atoms with E-state index in [1.54, 1.807) is 24.3 Å². The van der Waals surface area contributed by atoms with Crippen molar-refractivity contribution in [1.82, 2.24) is 0 Å². The lowest BCUT2D eigenvalue weighted by atomic mass is 10.0. The minimum atomic E-state index is -0.113. The molecule has 0 saturated carbocycles. The smallest absolute Gasteiger partial charge is 0.158 e. The molecular weight excluding hydrogens is 228 g/mol. The third kappa shape index (κ3) is 1.08. The molecule has 1 aliphatic carbocycles. The summed E-state index contributed by atoms with van der Waals surface area (Å²) in [7, 11) is 0. The quantitative estimate of drug-likeness (QED) is 0.326. The van der Waals surface area contributed by atoms with Crippen molar-refractivity contribution in [3.63, 3.8) is 0 Å². The molecule has 0 aromatic heterocycles. The molecule has 0 atom stereocenters. The topological polar surface area (TPSA) is 60.7 Å². The van der Waals surface area contributed by atoms with Crippen LogP contribution in [0.4, 0.5) is 0 Å². The van der Waals surface area contributed by atoms with Gasteiger partial charge in [-0.05, 0) is 63.4 Å². The average Bonchev–Trinajstić information content (AvgIpc) is 3.12. The van der Waals surface area contributed by atoms with Gasteiger partial charge in [0.1, 0.15) is 5.75 Å². The molecule has 88 valence electrons. The summed E-state index contributed by atoms with van der Waals surface area (Å²) in [6, 6.07) is 8.44. The number of fused-ring (bicyclic) bond motifs is 6. The third-order valence-electron chi connectivity index (χ3n) is 3.65. The van der Waals surface area contributed by atoms with Gasteiger partial charge in [0.25, 0.3) is 0 Å². The highest BCUT2D eigenvalue weighted by Gasteiger charge is 2.25. The normalized spacial score (nSPS) is 12.9. The molecule has 3 aromatic carbocycles. The first-order valence-electron chi connectivity index (χ1n) is 5.77. The van der Waals surface area contributed by atoms with E-state index in [0.29, 0.717) is 0 Å². The van der Waals surface area contributed by atoms with Crippen LogP contribution in [-0.4, -0.2) is 15.3 Å². The minimum absolute atomic E-state index is 0.0882. The van der Waals surface area contributed by atoms with E-state index in [0.717, 1.165) is 28.0 Å². The fourth-order valence-electron chi connectivity index (χ4n) is 2.71. The van der Waals surface area contributed by atoms with Gasteiger partial charge in [-0.2, -0.15) is 0 Å². The largest absolute Gasteiger partial charge is 0.508 e. The molecule has 0 unspecified atom stereocenters. The predicted molar refractivity (Wildman–Crippen MR) is 69.3 cm³/mol. The molecule has 3 N–H and O–H groups in total. The standard InChI is InChI=1S/C15H10O3/c16-7-1-2-8-9(3-7)10-4-11(10)13-6-15(18)14(17)5-12(8)13/h1-3,5-6,16-18H,4H2. The van der Waals surface area contributed by atoms with Crippen molar-refractivity contribution in [3.8, 4) is 17.2 Å². The van der Waals surface area contributed by atoms with E-state index < -0.39 is 0 Å². The maximum atomic E-state index is 9.64. The van der Waals surface area contributed by atoms with Crippen LogP contribution in [0.5, 0.6) is 17.2 Å². The Kier molecular flexibility index (Phi) is 1.53. The second kappa shape index (κ2) is 2.88. The Hall–Kier alpha value is -2.42. The lowest BCUT2D eigenvalue weighted by molar-refractivity contribution is 0.405. The summed E-state index contributed by atoms with van der Waals surface area (Å²) in [6.07, 6.45) is 0.883. The van der Waals surface area contributed by atoms with Crippen LogP contribution in [0, 0.1) is 0 Å². The van der Waals surface area contributed by atoms with Crippen LogP contribution in [0.25, 0.3) is 21.5 Å². The number of phenolic OH excluding ortho intramolecular Hbond substituents is 3. The lowest BCUT2D eigenvalue weighted by Crippen LogP contribution is -1.79. The first-order valence-corrected chi connectivity index (χ1v) is 5.77. The van der Waals surface area contributed by atoms with Crippen molar-refractivity contribution >= 4 is 21.5 Å². The van der Waals surface area contributed by atoms with Crippen molar-refractivity contribution in [1.29, 1.82) is 0 Å². The molecule has 4 rings (SSSR count). The van der Waals surface area contributed by atoms with Crippen LogP contribution in [0.1, 0.15) is 11.1 Å². The Labute approximate surface area is 103 Å². The van der Waals surface area contributed by atoms with Gasteiger partial charge in [-0.15, -0.1) is 0 Å². The van der Waals surface area contributed by atoms with Crippen molar-refractivity contribution in [2.75, 3.05) is 0 Å². The molecule has 3 nitrogen and oxygen atoms in total. The maximum Gasteiger partial charge on any atom is 0.158 e. The van der Waals surface area contributed by atoms with E-state index in [1.165, 1.54) is 11.1 Å². The lowest BCUT2D eigenvalue weighted by Gasteiger charge is -2.06. The third-order valence-corrected chi connectivity index (χ3v) is 3.65. The summed E-state index contributed by atoms with van der Waals surface area (Å²) in [5, 5.41) is 32.7. The first-order chi connectivity index (χ1) is 8.65. The molecule has 1 aliphatic rings. The molecule has 0 saturated heterocycles. The molecule has 0 spiro atoms. The highest BCUT2D eigenvalue weighted by molar-refractivity contribution is 6.14. The predicted octanol–water partition coefficient (Wildman–Crippen LogP) is 3.01. The molecule has 18 heavy (non-hydrogen) atoms. The monoisotopic (exact) mass is 238 g/mol. The molecule has 0 heterocycles. The van der Waals surface area contributed by atoms with E-state index in [-0.39, 0.29) is 17.2 Å². The van der Waals surface area contributed by atoms with Crippen molar-refractivity contribution in [2.24, 2.45) is 0 Å². The highest BCUT2D eigenvalue weighted by atomic mass is 16.3. The minimum Gasteiger partial charge on any atom is -0.508 e. The average molecular weight is 238 g/mol. The van der Waals surface area contributed by atoms with Crippen molar-refractivity contribution < 1.29 is 15.3 Å². The Morgan fingerprint density at radius 1 is 0.667 bits per heavy atom. The van der Waals surface area contributed by atoms with Gasteiger partial charge >= 0.3 is 0 Å². The van der Waals surface area contributed by atoms with Crippen LogP contribution in [0.3, 0.4) is 0 Å². The number of benzene rings is 3. The Morgan fingerprint density at radius 3 is 2.00 bits per heavy atom. The van der Waals surface area contributed by atoms with E-state index >= 15 is 0 Å². The van der Waals surface area contributed by atoms with Gasteiger partial charge in [0.2, 0.25) is 0 Å². The Morgan fingerprint density at radius 2 is 1.28 bits per heavy atom.